The lowest BCUT2D eigenvalue weighted by Crippen LogP contribution is -2.01. The Morgan fingerprint density at radius 1 is 1.20 bits per heavy atom. The van der Waals surface area contributed by atoms with Crippen molar-refractivity contribution in [3.8, 4) is 5.75 Å². The van der Waals surface area contributed by atoms with E-state index < -0.39 is 13.8 Å². The minimum absolute atomic E-state index is 0.0709. The summed E-state index contributed by atoms with van der Waals surface area (Å²) in [6.45, 7) is 0. The molecule has 0 spiro atoms. The summed E-state index contributed by atoms with van der Waals surface area (Å²) in [7, 11) is -4.96. The highest BCUT2D eigenvalue weighted by atomic mass is 79.9. The largest absolute Gasteiger partial charge is 0.442 e. The minimum atomic E-state index is -4.96. The fourth-order valence-electron chi connectivity index (χ4n) is 1.98. The topological polar surface area (TPSA) is 46.5 Å². The molecule has 3 nitrogen and oxygen atoms in total. The van der Waals surface area contributed by atoms with Crippen molar-refractivity contribution in [2.24, 2.45) is 0 Å². The maximum atomic E-state index is 12.4. The van der Waals surface area contributed by atoms with Crippen LogP contribution in [0.25, 0.3) is 0 Å². The van der Waals surface area contributed by atoms with Crippen LogP contribution in [0, 0.1) is 0 Å². The van der Waals surface area contributed by atoms with E-state index in [1.54, 1.807) is 23.9 Å². The van der Waals surface area contributed by atoms with Crippen molar-refractivity contribution in [2.75, 3.05) is 5.75 Å². The lowest BCUT2D eigenvalue weighted by molar-refractivity contribution is 0.188. The average molecular weight is 516 g/mol. The first-order chi connectivity index (χ1) is 11.8. The van der Waals surface area contributed by atoms with Gasteiger partial charge in [0.1, 0.15) is 5.75 Å². The first-order valence-electron chi connectivity index (χ1n) is 7.25. The second kappa shape index (κ2) is 9.51. The fourth-order valence-corrected chi connectivity index (χ4v) is 4.59. The van der Waals surface area contributed by atoms with Crippen molar-refractivity contribution in [3.05, 3.63) is 57.0 Å². The molecule has 0 aliphatic heterocycles. The van der Waals surface area contributed by atoms with E-state index in [9.17, 15) is 13.3 Å². The quantitative estimate of drug-likeness (QED) is 0.241. The molecule has 0 bridgehead atoms. The van der Waals surface area contributed by atoms with Gasteiger partial charge in [0, 0.05) is 9.37 Å². The highest BCUT2D eigenvalue weighted by Crippen LogP contribution is 2.50. The number of hydrogen-bond acceptors (Lipinski definition) is 3. The van der Waals surface area contributed by atoms with Gasteiger partial charge in [0.15, 0.2) is 0 Å². The monoisotopic (exact) mass is 514 g/mol. The summed E-state index contributed by atoms with van der Waals surface area (Å²) in [6.07, 6.45) is -1.71. The molecule has 136 valence electrons. The number of rotatable bonds is 8. The Morgan fingerprint density at radius 2 is 1.96 bits per heavy atom. The van der Waals surface area contributed by atoms with Crippen molar-refractivity contribution >= 4 is 51.2 Å². The third-order valence-corrected chi connectivity index (χ3v) is 6.29. The van der Waals surface area contributed by atoms with Crippen molar-refractivity contribution < 1.29 is 22.8 Å². The van der Waals surface area contributed by atoms with Crippen molar-refractivity contribution in [3.63, 3.8) is 0 Å². The Kier molecular flexibility index (Phi) is 7.95. The zero-order valence-electron chi connectivity index (χ0n) is 12.9. The van der Waals surface area contributed by atoms with Crippen LogP contribution in [0.5, 0.6) is 5.75 Å². The molecule has 2 aromatic carbocycles. The fraction of sp³-hybridized carbons (Fsp3) is 0.250. The molecule has 2 aromatic rings. The molecule has 0 amide bonds. The number of benzene rings is 2. The Bertz CT molecular complexity index is 777. The molecule has 1 unspecified atom stereocenters. The maximum absolute atomic E-state index is 12.4. The van der Waals surface area contributed by atoms with E-state index in [-0.39, 0.29) is 5.75 Å². The van der Waals surface area contributed by atoms with Crippen LogP contribution in [0.15, 0.2) is 56.3 Å². The van der Waals surface area contributed by atoms with Crippen LogP contribution in [-0.4, -0.2) is 16.8 Å². The lowest BCUT2D eigenvalue weighted by Gasteiger charge is -2.14. The molecule has 0 saturated heterocycles. The highest BCUT2D eigenvalue weighted by Gasteiger charge is 2.34. The van der Waals surface area contributed by atoms with E-state index in [2.05, 4.69) is 42.5 Å². The molecule has 0 saturated carbocycles. The number of halogens is 4. The summed E-state index contributed by atoms with van der Waals surface area (Å²) in [4.78, 5) is 10.3. The molecule has 25 heavy (non-hydrogen) atoms. The van der Waals surface area contributed by atoms with Crippen LogP contribution in [0.4, 0.5) is 8.78 Å². The summed E-state index contributed by atoms with van der Waals surface area (Å²) in [6, 6.07) is 12.9. The molecule has 2 rings (SSSR count). The minimum Gasteiger partial charge on any atom is -0.420 e. The molecule has 0 radical (unpaired) electrons. The van der Waals surface area contributed by atoms with Gasteiger partial charge in [-0.3, -0.25) is 0 Å². The van der Waals surface area contributed by atoms with Gasteiger partial charge in [-0.25, -0.2) is 4.57 Å². The third kappa shape index (κ3) is 6.68. The first-order valence-corrected chi connectivity index (χ1v) is 11.5. The van der Waals surface area contributed by atoms with E-state index in [0.717, 1.165) is 28.6 Å². The smallest absolute Gasteiger partial charge is 0.420 e. The summed E-state index contributed by atoms with van der Waals surface area (Å²) < 4.78 is 42.1. The zero-order valence-corrected chi connectivity index (χ0v) is 17.8. The van der Waals surface area contributed by atoms with Crippen LogP contribution in [0.1, 0.15) is 12.0 Å². The second-order valence-electron chi connectivity index (χ2n) is 5.11. The van der Waals surface area contributed by atoms with Crippen molar-refractivity contribution in [2.45, 2.75) is 23.9 Å². The molecular formula is C16H15Br2F2O3PS. The summed E-state index contributed by atoms with van der Waals surface area (Å²) in [5.41, 5.74) is 0.985. The summed E-state index contributed by atoms with van der Waals surface area (Å²) in [5, 5.41) is 0. The van der Waals surface area contributed by atoms with E-state index in [1.165, 1.54) is 11.0 Å². The number of alkyl halides is 2. The van der Waals surface area contributed by atoms with Crippen LogP contribution >= 0.6 is 51.2 Å². The average Bonchev–Trinajstić information content (AvgIpc) is 2.54. The van der Waals surface area contributed by atoms with Gasteiger partial charge in [0.05, 0.1) is 4.47 Å². The molecule has 1 atom stereocenters. The normalized spacial score (nSPS) is 13.7. The summed E-state index contributed by atoms with van der Waals surface area (Å²) in [5.74, 6) is 0.863. The van der Waals surface area contributed by atoms with Gasteiger partial charge in [-0.05, 0) is 70.4 Å². The van der Waals surface area contributed by atoms with Gasteiger partial charge < -0.3 is 9.42 Å². The first kappa shape index (κ1) is 20.9. The Balaban J connectivity index is 1.87. The SMILES string of the molecule is O=P(O)(Oc1ccc(CCCSc2cccc(Br)c2)cc1Br)C(F)F. The molecule has 0 fully saturated rings. The third-order valence-electron chi connectivity index (χ3n) is 3.15. The van der Waals surface area contributed by atoms with E-state index in [0.29, 0.717) is 4.47 Å². The number of thioether (sulfide) groups is 1. The van der Waals surface area contributed by atoms with E-state index in [4.69, 9.17) is 4.89 Å². The van der Waals surface area contributed by atoms with Gasteiger partial charge in [-0.2, -0.15) is 8.78 Å². The maximum Gasteiger partial charge on any atom is 0.442 e. The van der Waals surface area contributed by atoms with Gasteiger partial charge in [0.25, 0.3) is 0 Å². The Morgan fingerprint density at radius 3 is 2.60 bits per heavy atom. The molecule has 1 N–H and O–H groups in total. The van der Waals surface area contributed by atoms with Gasteiger partial charge in [-0.1, -0.05) is 28.1 Å². The van der Waals surface area contributed by atoms with Gasteiger partial charge in [0.2, 0.25) is 0 Å². The van der Waals surface area contributed by atoms with Crippen LogP contribution < -0.4 is 4.52 Å². The molecular weight excluding hydrogens is 501 g/mol. The zero-order chi connectivity index (χ0) is 18.4. The predicted octanol–water partition coefficient (Wildman–Crippen LogP) is 6.72. The second-order valence-corrected chi connectivity index (χ2v) is 9.75. The van der Waals surface area contributed by atoms with Crippen molar-refractivity contribution in [1.82, 2.24) is 0 Å². The number of aryl methyl sites for hydroxylation is 1. The van der Waals surface area contributed by atoms with Crippen LogP contribution in [-0.2, 0) is 11.0 Å². The van der Waals surface area contributed by atoms with Crippen LogP contribution in [0.2, 0.25) is 0 Å². The van der Waals surface area contributed by atoms with Crippen LogP contribution in [0.3, 0.4) is 0 Å². The Hall–Kier alpha value is -0.400. The lowest BCUT2D eigenvalue weighted by atomic mass is 10.1. The standard InChI is InChI=1S/C16H15Br2F2O3PS/c17-12-4-1-5-13(10-12)25-8-2-3-11-6-7-15(14(18)9-11)23-24(21,22)16(19)20/h1,4-7,9-10,16H,2-3,8H2,(H,21,22). The molecule has 0 aliphatic carbocycles. The Labute approximate surface area is 166 Å². The number of hydrogen-bond donors (Lipinski definition) is 1. The molecule has 9 heteroatoms. The molecule has 0 heterocycles. The van der Waals surface area contributed by atoms with Gasteiger partial charge in [-0.15, -0.1) is 11.8 Å². The highest BCUT2D eigenvalue weighted by molar-refractivity contribution is 9.10. The van der Waals surface area contributed by atoms with E-state index in [1.807, 2.05) is 18.2 Å². The molecule has 0 aliphatic rings. The predicted molar refractivity (Wildman–Crippen MR) is 104 cm³/mol. The molecule has 0 aromatic heterocycles. The summed E-state index contributed by atoms with van der Waals surface area (Å²) >= 11 is 8.38. The van der Waals surface area contributed by atoms with Gasteiger partial charge >= 0.3 is 13.8 Å². The van der Waals surface area contributed by atoms with E-state index >= 15 is 0 Å². The van der Waals surface area contributed by atoms with Crippen molar-refractivity contribution in [1.29, 1.82) is 0 Å².